The van der Waals surface area contributed by atoms with Gasteiger partial charge < -0.3 is 10.1 Å². The summed E-state index contributed by atoms with van der Waals surface area (Å²) in [5.74, 6) is 0.712. The van der Waals surface area contributed by atoms with E-state index < -0.39 is 0 Å². The molecule has 3 heterocycles. The number of hydrogen-bond donors (Lipinski definition) is 2. The molecule has 2 aliphatic heterocycles. The van der Waals surface area contributed by atoms with Crippen molar-refractivity contribution in [3.05, 3.63) is 100 Å². The maximum atomic E-state index is 12.7. The van der Waals surface area contributed by atoms with Crippen LogP contribution in [0.2, 0.25) is 0 Å². The fourth-order valence-electron chi connectivity index (χ4n) is 5.71. The van der Waals surface area contributed by atoms with Crippen molar-refractivity contribution in [3.63, 3.8) is 0 Å². The second-order valence-electron chi connectivity index (χ2n) is 10.4. The van der Waals surface area contributed by atoms with Crippen LogP contribution >= 0.6 is 0 Å². The van der Waals surface area contributed by atoms with Crippen LogP contribution < -0.4 is 10.1 Å². The van der Waals surface area contributed by atoms with Crippen LogP contribution in [0.3, 0.4) is 0 Å². The Morgan fingerprint density at radius 3 is 2.54 bits per heavy atom. The van der Waals surface area contributed by atoms with E-state index in [4.69, 9.17) is 4.74 Å². The Labute approximate surface area is 229 Å². The molecule has 2 fully saturated rings. The van der Waals surface area contributed by atoms with E-state index >= 15 is 0 Å². The van der Waals surface area contributed by atoms with Gasteiger partial charge in [-0.05, 0) is 72.5 Å². The Morgan fingerprint density at radius 1 is 0.974 bits per heavy atom. The summed E-state index contributed by atoms with van der Waals surface area (Å²) in [5.41, 5.74) is 6.96. The van der Waals surface area contributed by atoms with E-state index in [-0.39, 0.29) is 11.8 Å². The number of aromatic amines is 1. The van der Waals surface area contributed by atoms with Crippen LogP contribution in [-0.2, 0) is 11.3 Å². The van der Waals surface area contributed by atoms with E-state index in [9.17, 15) is 4.79 Å². The molecule has 2 saturated heterocycles. The number of H-pyrrole nitrogens is 1. The molecular weight excluding hydrogens is 484 g/mol. The minimum atomic E-state index is -0.0295. The highest BCUT2D eigenvalue weighted by Gasteiger charge is 2.29. The molecule has 1 unspecified atom stereocenters. The summed E-state index contributed by atoms with van der Waals surface area (Å²) < 4.78 is 5.78. The SMILES string of the molecule is COc1cc(/C=C2/C(=O)NCC2c2ccccc2)cc2[nH]nc(/C=C/c3ccc(CN4CCCCC4)cc3)c12. The summed E-state index contributed by atoms with van der Waals surface area (Å²) in [4.78, 5) is 15.2. The molecular formula is C33H34N4O2. The smallest absolute Gasteiger partial charge is 0.247 e. The molecule has 1 amide bonds. The van der Waals surface area contributed by atoms with Crippen molar-refractivity contribution in [2.24, 2.45) is 0 Å². The number of fused-ring (bicyclic) bond motifs is 1. The van der Waals surface area contributed by atoms with Crippen molar-refractivity contribution in [3.8, 4) is 5.75 Å². The van der Waals surface area contributed by atoms with Crippen molar-refractivity contribution < 1.29 is 9.53 Å². The first-order valence-electron chi connectivity index (χ1n) is 13.8. The fourth-order valence-corrected chi connectivity index (χ4v) is 5.71. The van der Waals surface area contributed by atoms with Crippen molar-refractivity contribution in [2.75, 3.05) is 26.7 Å². The lowest BCUT2D eigenvalue weighted by Crippen LogP contribution is -2.28. The number of benzene rings is 3. The molecule has 4 aromatic rings. The average Bonchev–Trinajstić information content (AvgIpc) is 3.56. The van der Waals surface area contributed by atoms with Crippen LogP contribution in [0.25, 0.3) is 29.1 Å². The normalized spacial score (nSPS) is 19.3. The Hall–Kier alpha value is -4.16. The van der Waals surface area contributed by atoms with Crippen LogP contribution in [0.15, 0.2) is 72.3 Å². The first-order chi connectivity index (χ1) is 19.2. The van der Waals surface area contributed by atoms with Crippen molar-refractivity contribution in [2.45, 2.75) is 31.7 Å². The number of carbonyl (C=O) groups excluding carboxylic acids is 1. The summed E-state index contributed by atoms with van der Waals surface area (Å²) >= 11 is 0. The molecule has 2 aliphatic rings. The minimum absolute atomic E-state index is 0.0203. The van der Waals surface area contributed by atoms with E-state index in [1.807, 2.05) is 42.5 Å². The summed E-state index contributed by atoms with van der Waals surface area (Å²) in [7, 11) is 1.67. The number of ether oxygens (including phenoxy) is 1. The molecule has 0 bridgehead atoms. The third-order valence-electron chi connectivity index (χ3n) is 7.79. The van der Waals surface area contributed by atoms with Gasteiger partial charge in [-0.3, -0.25) is 14.8 Å². The van der Waals surface area contributed by atoms with E-state index in [0.717, 1.165) is 51.2 Å². The predicted molar refractivity (Wildman–Crippen MR) is 157 cm³/mol. The highest BCUT2D eigenvalue weighted by molar-refractivity contribution is 6.03. The fraction of sp³-hybridized carbons (Fsp3) is 0.273. The van der Waals surface area contributed by atoms with Crippen LogP contribution in [-0.4, -0.2) is 47.7 Å². The van der Waals surface area contributed by atoms with Crippen LogP contribution in [0.5, 0.6) is 5.75 Å². The van der Waals surface area contributed by atoms with Gasteiger partial charge in [0, 0.05) is 24.6 Å². The topological polar surface area (TPSA) is 70.2 Å². The summed E-state index contributed by atoms with van der Waals surface area (Å²) in [6.45, 7) is 4.04. The van der Waals surface area contributed by atoms with E-state index in [1.54, 1.807) is 7.11 Å². The zero-order chi connectivity index (χ0) is 26.6. The number of amides is 1. The quantitative estimate of drug-likeness (QED) is 0.293. The zero-order valence-electron chi connectivity index (χ0n) is 22.3. The van der Waals surface area contributed by atoms with Crippen LogP contribution in [0.1, 0.15) is 53.1 Å². The highest BCUT2D eigenvalue weighted by Crippen LogP contribution is 2.34. The summed E-state index contributed by atoms with van der Waals surface area (Å²) in [5, 5.41) is 11.6. The van der Waals surface area contributed by atoms with Gasteiger partial charge in [0.05, 0.1) is 23.7 Å². The molecule has 6 nitrogen and oxygen atoms in total. The molecule has 0 radical (unpaired) electrons. The lowest BCUT2D eigenvalue weighted by Gasteiger charge is -2.26. The molecule has 3 aromatic carbocycles. The third kappa shape index (κ3) is 5.52. The number of methoxy groups -OCH3 is 1. The molecule has 1 aromatic heterocycles. The Morgan fingerprint density at radius 2 is 1.77 bits per heavy atom. The number of nitrogens with zero attached hydrogens (tertiary/aromatic N) is 2. The van der Waals surface area contributed by atoms with Crippen LogP contribution in [0.4, 0.5) is 0 Å². The first-order valence-corrected chi connectivity index (χ1v) is 13.8. The molecule has 0 saturated carbocycles. The lowest BCUT2D eigenvalue weighted by molar-refractivity contribution is -0.116. The molecule has 6 rings (SSSR count). The van der Waals surface area contributed by atoms with Crippen molar-refractivity contribution >= 4 is 35.0 Å². The molecule has 2 N–H and O–H groups in total. The van der Waals surface area contributed by atoms with Gasteiger partial charge in [-0.25, -0.2) is 0 Å². The zero-order valence-corrected chi connectivity index (χ0v) is 22.3. The van der Waals surface area contributed by atoms with Crippen LogP contribution in [0, 0.1) is 0 Å². The Kier molecular flexibility index (Phi) is 7.28. The second-order valence-corrected chi connectivity index (χ2v) is 10.4. The van der Waals surface area contributed by atoms with E-state index in [0.29, 0.717) is 6.54 Å². The number of hydrogen-bond acceptors (Lipinski definition) is 4. The summed E-state index contributed by atoms with van der Waals surface area (Å²) in [6, 6.07) is 22.9. The number of likely N-dealkylation sites (tertiary alicyclic amines) is 1. The molecule has 6 heteroatoms. The van der Waals surface area contributed by atoms with Crippen molar-refractivity contribution in [1.82, 2.24) is 20.4 Å². The Bertz CT molecular complexity index is 1510. The molecule has 0 spiro atoms. The first kappa shape index (κ1) is 25.1. The highest BCUT2D eigenvalue weighted by atomic mass is 16.5. The van der Waals surface area contributed by atoms with Gasteiger partial charge in [0.25, 0.3) is 0 Å². The molecule has 198 valence electrons. The molecule has 0 aliphatic carbocycles. The number of rotatable bonds is 7. The third-order valence-corrected chi connectivity index (χ3v) is 7.79. The monoisotopic (exact) mass is 518 g/mol. The van der Waals surface area contributed by atoms with Gasteiger partial charge in [-0.2, -0.15) is 5.10 Å². The average molecular weight is 519 g/mol. The summed E-state index contributed by atoms with van der Waals surface area (Å²) in [6.07, 6.45) is 10.0. The van der Waals surface area contributed by atoms with Gasteiger partial charge in [-0.15, -0.1) is 0 Å². The van der Waals surface area contributed by atoms with Gasteiger partial charge in [0.1, 0.15) is 5.75 Å². The molecule has 39 heavy (non-hydrogen) atoms. The predicted octanol–water partition coefficient (Wildman–Crippen LogP) is 6.02. The minimum Gasteiger partial charge on any atom is -0.496 e. The van der Waals surface area contributed by atoms with E-state index in [2.05, 4.69) is 62.9 Å². The maximum absolute atomic E-state index is 12.7. The van der Waals surface area contributed by atoms with Gasteiger partial charge in [-0.1, -0.05) is 67.1 Å². The maximum Gasteiger partial charge on any atom is 0.247 e. The van der Waals surface area contributed by atoms with Crippen molar-refractivity contribution in [1.29, 1.82) is 0 Å². The van der Waals surface area contributed by atoms with Gasteiger partial charge in [0.2, 0.25) is 5.91 Å². The number of nitrogens with one attached hydrogen (secondary N) is 2. The Balaban J connectivity index is 1.23. The van der Waals surface area contributed by atoms with Gasteiger partial charge in [0.15, 0.2) is 0 Å². The number of carbonyl (C=O) groups is 1. The van der Waals surface area contributed by atoms with E-state index in [1.165, 1.54) is 37.9 Å². The molecule has 1 atom stereocenters. The van der Waals surface area contributed by atoms with Gasteiger partial charge >= 0.3 is 0 Å². The number of piperidine rings is 1. The number of aromatic nitrogens is 2. The lowest BCUT2D eigenvalue weighted by atomic mass is 9.92. The largest absolute Gasteiger partial charge is 0.496 e. The second kappa shape index (κ2) is 11.3. The standard InChI is InChI=1S/C33H34N4O2/c1-39-31-20-25(18-27-28(21-34-33(27)38)26-8-4-2-5-9-26)19-30-32(31)29(35-36-30)15-14-23-10-12-24(13-11-23)22-37-16-6-3-7-17-37/h2,4-5,8-15,18-20,28H,3,6-7,16-17,21-22H2,1H3,(H,34,38)(H,35,36)/b15-14+,27-18+.